The SMILES string of the molecule is COCc1ccc(C(=O)Nc2ccccc2N2CCN(C(C)=O)CC2)o1. The van der Waals surface area contributed by atoms with Crippen molar-refractivity contribution in [3.05, 3.63) is 47.9 Å². The average Bonchev–Trinajstić information content (AvgIpc) is 3.11. The minimum absolute atomic E-state index is 0.0934. The predicted octanol–water partition coefficient (Wildman–Crippen LogP) is 2.35. The van der Waals surface area contributed by atoms with Crippen LogP contribution in [0.2, 0.25) is 0 Å². The van der Waals surface area contributed by atoms with Crippen molar-refractivity contribution in [2.75, 3.05) is 43.5 Å². The van der Waals surface area contributed by atoms with Gasteiger partial charge < -0.3 is 24.3 Å². The van der Waals surface area contributed by atoms with Gasteiger partial charge in [-0.25, -0.2) is 0 Å². The predicted molar refractivity (Wildman–Crippen MR) is 98.3 cm³/mol. The first-order valence-corrected chi connectivity index (χ1v) is 8.57. The number of nitrogens with zero attached hydrogens (tertiary/aromatic N) is 2. The number of piperazine rings is 1. The smallest absolute Gasteiger partial charge is 0.291 e. The second kappa shape index (κ2) is 8.05. The van der Waals surface area contributed by atoms with Crippen LogP contribution in [0.5, 0.6) is 0 Å². The molecule has 26 heavy (non-hydrogen) atoms. The van der Waals surface area contributed by atoms with Crippen molar-refractivity contribution in [1.82, 2.24) is 4.90 Å². The van der Waals surface area contributed by atoms with Crippen LogP contribution in [0.15, 0.2) is 40.8 Å². The molecule has 0 bridgehead atoms. The zero-order valence-electron chi connectivity index (χ0n) is 15.0. The van der Waals surface area contributed by atoms with E-state index in [-0.39, 0.29) is 17.6 Å². The van der Waals surface area contributed by atoms with Gasteiger partial charge in [-0.3, -0.25) is 9.59 Å². The molecule has 0 saturated carbocycles. The van der Waals surface area contributed by atoms with Crippen molar-refractivity contribution in [3.8, 4) is 0 Å². The highest BCUT2D eigenvalue weighted by atomic mass is 16.5. The van der Waals surface area contributed by atoms with E-state index in [1.54, 1.807) is 26.2 Å². The second-order valence-corrected chi connectivity index (χ2v) is 6.16. The summed E-state index contributed by atoms with van der Waals surface area (Å²) >= 11 is 0. The lowest BCUT2D eigenvalue weighted by Gasteiger charge is -2.36. The fourth-order valence-electron chi connectivity index (χ4n) is 3.02. The Labute approximate surface area is 152 Å². The molecule has 1 aromatic carbocycles. The Morgan fingerprint density at radius 3 is 2.54 bits per heavy atom. The first kappa shape index (κ1) is 18.0. The highest BCUT2D eigenvalue weighted by Gasteiger charge is 2.21. The van der Waals surface area contributed by atoms with E-state index < -0.39 is 0 Å². The van der Waals surface area contributed by atoms with Crippen molar-refractivity contribution in [2.45, 2.75) is 13.5 Å². The molecule has 1 fully saturated rings. The maximum atomic E-state index is 12.5. The Kier molecular flexibility index (Phi) is 5.58. The van der Waals surface area contributed by atoms with Gasteiger partial charge in [0.2, 0.25) is 5.91 Å². The third-order valence-electron chi connectivity index (χ3n) is 4.39. The summed E-state index contributed by atoms with van der Waals surface area (Å²) in [6.07, 6.45) is 0. The molecule has 7 nitrogen and oxygen atoms in total. The first-order valence-electron chi connectivity index (χ1n) is 8.57. The number of amides is 2. The quantitative estimate of drug-likeness (QED) is 0.889. The molecule has 2 aromatic rings. The van der Waals surface area contributed by atoms with Gasteiger partial charge in [0, 0.05) is 40.2 Å². The summed E-state index contributed by atoms with van der Waals surface area (Å²) in [5, 5.41) is 2.92. The van der Waals surface area contributed by atoms with E-state index in [9.17, 15) is 9.59 Å². The Hall–Kier alpha value is -2.80. The Morgan fingerprint density at radius 2 is 1.85 bits per heavy atom. The first-order chi connectivity index (χ1) is 12.6. The number of carbonyl (C=O) groups is 2. The number of furan rings is 1. The van der Waals surface area contributed by atoms with Crippen molar-refractivity contribution < 1.29 is 18.7 Å². The van der Waals surface area contributed by atoms with E-state index in [0.29, 0.717) is 25.5 Å². The minimum atomic E-state index is -0.304. The van der Waals surface area contributed by atoms with Gasteiger partial charge in [0.25, 0.3) is 5.91 Å². The van der Waals surface area contributed by atoms with Crippen molar-refractivity contribution in [3.63, 3.8) is 0 Å². The molecular formula is C19H23N3O4. The molecular weight excluding hydrogens is 334 g/mol. The van der Waals surface area contributed by atoms with Gasteiger partial charge >= 0.3 is 0 Å². The molecule has 0 atom stereocenters. The molecule has 3 rings (SSSR count). The number of hydrogen-bond acceptors (Lipinski definition) is 5. The van der Waals surface area contributed by atoms with Gasteiger partial charge in [0.15, 0.2) is 5.76 Å². The van der Waals surface area contributed by atoms with E-state index in [4.69, 9.17) is 9.15 Å². The van der Waals surface area contributed by atoms with Crippen LogP contribution < -0.4 is 10.2 Å². The van der Waals surface area contributed by atoms with Crippen LogP contribution in [0.1, 0.15) is 23.2 Å². The summed E-state index contributed by atoms with van der Waals surface area (Å²) < 4.78 is 10.5. The number of rotatable bonds is 5. The maximum absolute atomic E-state index is 12.5. The molecule has 1 aliphatic heterocycles. The number of para-hydroxylation sites is 2. The maximum Gasteiger partial charge on any atom is 0.291 e. The third-order valence-corrected chi connectivity index (χ3v) is 4.39. The number of hydrogen-bond donors (Lipinski definition) is 1. The Morgan fingerprint density at radius 1 is 1.12 bits per heavy atom. The normalized spacial score (nSPS) is 14.4. The highest BCUT2D eigenvalue weighted by Crippen LogP contribution is 2.27. The molecule has 0 aliphatic carbocycles. The number of ether oxygens (including phenoxy) is 1. The van der Waals surface area contributed by atoms with E-state index in [2.05, 4.69) is 10.2 Å². The van der Waals surface area contributed by atoms with Gasteiger partial charge in [0.1, 0.15) is 12.4 Å². The van der Waals surface area contributed by atoms with Crippen LogP contribution >= 0.6 is 0 Å². The summed E-state index contributed by atoms with van der Waals surface area (Å²) in [7, 11) is 1.57. The molecule has 0 radical (unpaired) electrons. The van der Waals surface area contributed by atoms with Gasteiger partial charge in [-0.05, 0) is 24.3 Å². The fourth-order valence-corrected chi connectivity index (χ4v) is 3.02. The lowest BCUT2D eigenvalue weighted by Crippen LogP contribution is -2.48. The van der Waals surface area contributed by atoms with Crippen LogP contribution in [0, 0.1) is 0 Å². The molecule has 0 unspecified atom stereocenters. The van der Waals surface area contributed by atoms with Crippen molar-refractivity contribution in [2.24, 2.45) is 0 Å². The number of methoxy groups -OCH3 is 1. The molecule has 2 amide bonds. The molecule has 1 N–H and O–H groups in total. The molecule has 1 aliphatic rings. The lowest BCUT2D eigenvalue weighted by atomic mass is 10.2. The Bertz CT molecular complexity index is 779. The zero-order valence-corrected chi connectivity index (χ0v) is 15.0. The molecule has 138 valence electrons. The zero-order chi connectivity index (χ0) is 18.5. The second-order valence-electron chi connectivity index (χ2n) is 6.16. The molecule has 1 aromatic heterocycles. The number of carbonyl (C=O) groups excluding carboxylic acids is 2. The fraction of sp³-hybridized carbons (Fsp3) is 0.368. The number of anilines is 2. The summed E-state index contributed by atoms with van der Waals surface area (Å²) in [5.41, 5.74) is 1.66. The number of benzene rings is 1. The van der Waals surface area contributed by atoms with Crippen LogP contribution in [0.3, 0.4) is 0 Å². The summed E-state index contributed by atoms with van der Waals surface area (Å²) in [4.78, 5) is 28.0. The lowest BCUT2D eigenvalue weighted by molar-refractivity contribution is -0.129. The minimum Gasteiger partial charge on any atom is -0.453 e. The monoisotopic (exact) mass is 357 g/mol. The number of nitrogens with one attached hydrogen (secondary N) is 1. The highest BCUT2D eigenvalue weighted by molar-refractivity contribution is 6.04. The largest absolute Gasteiger partial charge is 0.453 e. The third kappa shape index (κ3) is 4.05. The van der Waals surface area contributed by atoms with Gasteiger partial charge in [-0.15, -0.1) is 0 Å². The van der Waals surface area contributed by atoms with Gasteiger partial charge in [0.05, 0.1) is 11.4 Å². The summed E-state index contributed by atoms with van der Waals surface area (Å²) in [6.45, 7) is 4.72. The Balaban J connectivity index is 1.71. The van der Waals surface area contributed by atoms with E-state index >= 15 is 0 Å². The van der Waals surface area contributed by atoms with Gasteiger partial charge in [-0.2, -0.15) is 0 Å². The molecule has 7 heteroatoms. The van der Waals surface area contributed by atoms with Crippen LogP contribution in [0.4, 0.5) is 11.4 Å². The van der Waals surface area contributed by atoms with E-state index in [0.717, 1.165) is 24.5 Å². The molecule has 2 heterocycles. The average molecular weight is 357 g/mol. The van der Waals surface area contributed by atoms with Crippen LogP contribution in [-0.4, -0.2) is 50.0 Å². The summed E-state index contributed by atoms with van der Waals surface area (Å²) in [6, 6.07) is 11.0. The van der Waals surface area contributed by atoms with Gasteiger partial charge in [-0.1, -0.05) is 12.1 Å². The van der Waals surface area contributed by atoms with Crippen molar-refractivity contribution in [1.29, 1.82) is 0 Å². The topological polar surface area (TPSA) is 75.0 Å². The standard InChI is InChI=1S/C19H23N3O4/c1-14(23)21-9-11-22(12-10-21)17-6-4-3-5-16(17)20-19(24)18-8-7-15(26-18)13-25-2/h3-8H,9-13H2,1-2H3,(H,20,24). The van der Waals surface area contributed by atoms with E-state index in [1.807, 2.05) is 29.2 Å². The van der Waals surface area contributed by atoms with Crippen molar-refractivity contribution >= 4 is 23.2 Å². The summed E-state index contributed by atoms with van der Waals surface area (Å²) in [5.74, 6) is 0.637. The van der Waals surface area contributed by atoms with Crippen LogP contribution in [-0.2, 0) is 16.1 Å². The van der Waals surface area contributed by atoms with E-state index in [1.165, 1.54) is 0 Å². The molecule has 1 saturated heterocycles. The molecule has 0 spiro atoms. The van der Waals surface area contributed by atoms with Crippen LogP contribution in [0.25, 0.3) is 0 Å².